The van der Waals surface area contributed by atoms with E-state index in [9.17, 15) is 5.11 Å². The SMILES string of the molecule is CCCc1ccc(CCNCC2(CO)CC2)cc1. The van der Waals surface area contributed by atoms with Crippen LogP contribution in [0.4, 0.5) is 0 Å². The summed E-state index contributed by atoms with van der Waals surface area (Å²) >= 11 is 0. The number of hydrogen-bond donors (Lipinski definition) is 2. The van der Waals surface area contributed by atoms with Crippen molar-refractivity contribution < 1.29 is 5.11 Å². The molecule has 2 nitrogen and oxygen atoms in total. The molecule has 0 heterocycles. The zero-order valence-electron chi connectivity index (χ0n) is 11.4. The van der Waals surface area contributed by atoms with Gasteiger partial charge in [0.2, 0.25) is 0 Å². The Bertz CT molecular complexity index is 354. The first kappa shape index (κ1) is 13.6. The quantitative estimate of drug-likeness (QED) is 0.692. The van der Waals surface area contributed by atoms with Crippen LogP contribution in [0.1, 0.15) is 37.3 Å². The lowest BCUT2D eigenvalue weighted by Gasteiger charge is -2.12. The van der Waals surface area contributed by atoms with Crippen LogP contribution in [-0.2, 0) is 12.8 Å². The first-order valence-corrected chi connectivity index (χ1v) is 7.17. The molecular weight excluding hydrogens is 222 g/mol. The van der Waals surface area contributed by atoms with Crippen LogP contribution in [0.2, 0.25) is 0 Å². The molecule has 18 heavy (non-hydrogen) atoms. The van der Waals surface area contributed by atoms with Gasteiger partial charge in [0.05, 0.1) is 0 Å². The van der Waals surface area contributed by atoms with E-state index in [0.29, 0.717) is 6.61 Å². The molecule has 0 unspecified atom stereocenters. The smallest absolute Gasteiger partial charge is 0.0499 e. The Kier molecular flexibility index (Phi) is 4.79. The van der Waals surface area contributed by atoms with Crippen molar-refractivity contribution in [3.8, 4) is 0 Å². The normalized spacial score (nSPS) is 16.8. The van der Waals surface area contributed by atoms with Gasteiger partial charge in [-0.1, -0.05) is 37.6 Å². The van der Waals surface area contributed by atoms with Crippen LogP contribution in [0.25, 0.3) is 0 Å². The summed E-state index contributed by atoms with van der Waals surface area (Å²) in [4.78, 5) is 0. The molecule has 100 valence electrons. The fraction of sp³-hybridized carbons (Fsp3) is 0.625. The van der Waals surface area contributed by atoms with Gasteiger partial charge in [-0.2, -0.15) is 0 Å². The minimum absolute atomic E-state index is 0.227. The summed E-state index contributed by atoms with van der Waals surface area (Å²) in [7, 11) is 0. The molecule has 0 aliphatic heterocycles. The number of aliphatic hydroxyl groups excluding tert-OH is 1. The van der Waals surface area contributed by atoms with Crippen LogP contribution >= 0.6 is 0 Å². The van der Waals surface area contributed by atoms with Gasteiger partial charge in [0, 0.05) is 18.6 Å². The van der Waals surface area contributed by atoms with Crippen molar-refractivity contribution in [3.63, 3.8) is 0 Å². The van der Waals surface area contributed by atoms with Crippen molar-refractivity contribution >= 4 is 0 Å². The second-order valence-corrected chi connectivity index (χ2v) is 5.65. The lowest BCUT2D eigenvalue weighted by Crippen LogP contribution is -2.28. The molecule has 0 radical (unpaired) electrons. The highest BCUT2D eigenvalue weighted by Crippen LogP contribution is 2.44. The van der Waals surface area contributed by atoms with Gasteiger partial charge in [-0.05, 0) is 43.4 Å². The highest BCUT2D eigenvalue weighted by molar-refractivity contribution is 5.22. The van der Waals surface area contributed by atoms with Gasteiger partial charge in [0.25, 0.3) is 0 Å². The number of aryl methyl sites for hydroxylation is 1. The fourth-order valence-electron chi connectivity index (χ4n) is 2.32. The summed E-state index contributed by atoms with van der Waals surface area (Å²) in [5, 5.41) is 12.7. The van der Waals surface area contributed by atoms with Crippen molar-refractivity contribution in [1.29, 1.82) is 0 Å². The van der Waals surface area contributed by atoms with Gasteiger partial charge < -0.3 is 10.4 Å². The Morgan fingerprint density at radius 3 is 2.22 bits per heavy atom. The lowest BCUT2D eigenvalue weighted by molar-refractivity contribution is 0.208. The molecule has 1 fully saturated rings. The van der Waals surface area contributed by atoms with Crippen molar-refractivity contribution in [2.45, 2.75) is 39.0 Å². The topological polar surface area (TPSA) is 32.3 Å². The zero-order chi connectivity index (χ0) is 12.8. The van der Waals surface area contributed by atoms with Crippen LogP contribution in [0.5, 0.6) is 0 Å². The minimum atomic E-state index is 0.227. The minimum Gasteiger partial charge on any atom is -0.396 e. The Labute approximate surface area is 110 Å². The number of rotatable bonds is 8. The summed E-state index contributed by atoms with van der Waals surface area (Å²) < 4.78 is 0. The van der Waals surface area contributed by atoms with E-state index < -0.39 is 0 Å². The molecule has 0 amide bonds. The first-order valence-electron chi connectivity index (χ1n) is 7.17. The van der Waals surface area contributed by atoms with Crippen molar-refractivity contribution in [2.24, 2.45) is 5.41 Å². The maximum absolute atomic E-state index is 9.21. The van der Waals surface area contributed by atoms with Crippen LogP contribution in [0.15, 0.2) is 24.3 Å². The molecule has 1 aromatic rings. The molecule has 1 aliphatic rings. The largest absolute Gasteiger partial charge is 0.396 e. The van der Waals surface area contributed by atoms with Gasteiger partial charge in [-0.15, -0.1) is 0 Å². The average Bonchev–Trinajstić information content (AvgIpc) is 3.18. The predicted molar refractivity (Wildman–Crippen MR) is 75.8 cm³/mol. The number of hydrogen-bond acceptors (Lipinski definition) is 2. The van der Waals surface area contributed by atoms with Crippen molar-refractivity contribution in [2.75, 3.05) is 19.7 Å². The van der Waals surface area contributed by atoms with Gasteiger partial charge in [-0.3, -0.25) is 0 Å². The van der Waals surface area contributed by atoms with Crippen LogP contribution in [0, 0.1) is 5.41 Å². The molecule has 0 bridgehead atoms. The summed E-state index contributed by atoms with van der Waals surface area (Å²) in [6.07, 6.45) is 5.83. The summed E-state index contributed by atoms with van der Waals surface area (Å²) in [5.41, 5.74) is 3.06. The second-order valence-electron chi connectivity index (χ2n) is 5.65. The first-order chi connectivity index (χ1) is 8.78. The maximum atomic E-state index is 9.21. The third kappa shape index (κ3) is 3.82. The summed E-state index contributed by atoms with van der Waals surface area (Å²) in [6.45, 7) is 4.53. The molecule has 1 aromatic carbocycles. The molecule has 0 atom stereocenters. The zero-order valence-corrected chi connectivity index (χ0v) is 11.4. The number of benzene rings is 1. The summed E-state index contributed by atoms with van der Waals surface area (Å²) in [6, 6.07) is 8.97. The van der Waals surface area contributed by atoms with Crippen LogP contribution in [-0.4, -0.2) is 24.8 Å². The van der Waals surface area contributed by atoms with E-state index in [1.165, 1.54) is 36.8 Å². The monoisotopic (exact) mass is 247 g/mol. The molecule has 0 spiro atoms. The van der Waals surface area contributed by atoms with E-state index in [2.05, 4.69) is 36.5 Å². The molecule has 2 rings (SSSR count). The van der Waals surface area contributed by atoms with E-state index in [4.69, 9.17) is 0 Å². The standard InChI is InChI=1S/C16H25NO/c1-2-3-14-4-6-15(7-5-14)8-11-17-12-16(13-18)9-10-16/h4-7,17-18H,2-3,8-13H2,1H3. The number of nitrogens with one attached hydrogen (secondary N) is 1. The lowest BCUT2D eigenvalue weighted by atomic mass is 10.1. The summed E-state index contributed by atoms with van der Waals surface area (Å²) in [5.74, 6) is 0. The third-order valence-electron chi connectivity index (χ3n) is 3.94. The van der Waals surface area contributed by atoms with Gasteiger partial charge >= 0.3 is 0 Å². The van der Waals surface area contributed by atoms with Crippen molar-refractivity contribution in [1.82, 2.24) is 5.32 Å². The highest BCUT2D eigenvalue weighted by atomic mass is 16.3. The highest BCUT2D eigenvalue weighted by Gasteiger charge is 2.41. The molecule has 0 saturated heterocycles. The van der Waals surface area contributed by atoms with Crippen molar-refractivity contribution in [3.05, 3.63) is 35.4 Å². The van der Waals surface area contributed by atoms with E-state index >= 15 is 0 Å². The van der Waals surface area contributed by atoms with E-state index in [1.54, 1.807) is 0 Å². The van der Waals surface area contributed by atoms with Gasteiger partial charge in [0.15, 0.2) is 0 Å². The predicted octanol–water partition coefficient (Wildman–Crippen LogP) is 2.54. The molecule has 0 aromatic heterocycles. The molecule has 2 heteroatoms. The third-order valence-corrected chi connectivity index (χ3v) is 3.94. The molecular formula is C16H25NO. The second kappa shape index (κ2) is 6.35. The van der Waals surface area contributed by atoms with Crippen LogP contribution < -0.4 is 5.32 Å². The Hall–Kier alpha value is -0.860. The van der Waals surface area contributed by atoms with E-state index in [-0.39, 0.29) is 5.41 Å². The van der Waals surface area contributed by atoms with E-state index in [0.717, 1.165) is 19.5 Å². The van der Waals surface area contributed by atoms with E-state index in [1.807, 2.05) is 0 Å². The number of aliphatic hydroxyl groups is 1. The Balaban J connectivity index is 1.67. The van der Waals surface area contributed by atoms with Crippen LogP contribution in [0.3, 0.4) is 0 Å². The molecule has 2 N–H and O–H groups in total. The fourth-order valence-corrected chi connectivity index (χ4v) is 2.32. The molecule has 1 saturated carbocycles. The Morgan fingerprint density at radius 1 is 1.11 bits per heavy atom. The molecule has 1 aliphatic carbocycles. The maximum Gasteiger partial charge on any atom is 0.0499 e. The Morgan fingerprint density at radius 2 is 1.72 bits per heavy atom. The average molecular weight is 247 g/mol. The van der Waals surface area contributed by atoms with Gasteiger partial charge in [0.1, 0.15) is 0 Å². The van der Waals surface area contributed by atoms with Gasteiger partial charge in [-0.25, -0.2) is 0 Å².